The predicted molar refractivity (Wildman–Crippen MR) is 117 cm³/mol. The summed E-state index contributed by atoms with van der Waals surface area (Å²) in [5, 5.41) is 5.87. The molecule has 32 heavy (non-hydrogen) atoms. The van der Waals surface area contributed by atoms with Crippen LogP contribution >= 0.6 is 35.1 Å². The molecule has 0 saturated carbocycles. The molecule has 1 aromatic heterocycles. The molecule has 1 unspecified atom stereocenters. The standard InChI is InChI=1S/C18H22N4O7S3/c1-9(23)27-8-28-16(25)13-10(6-30-11-5-19-21-32-11)7-31-15-12(14(24)22(13)15)20-17(26)29-18(2,3)4/h5,12,15H,6-8H2,1-4H3,(H,20,26)/t12?,15-/m0/s1. The van der Waals surface area contributed by atoms with Crippen molar-refractivity contribution in [1.29, 1.82) is 0 Å². The van der Waals surface area contributed by atoms with Crippen LogP contribution in [0.2, 0.25) is 0 Å². The van der Waals surface area contributed by atoms with Crippen LogP contribution in [0, 0.1) is 0 Å². The van der Waals surface area contributed by atoms with E-state index >= 15 is 0 Å². The zero-order chi connectivity index (χ0) is 23.5. The lowest BCUT2D eigenvalue weighted by Gasteiger charge is -2.49. The first-order valence-corrected chi connectivity index (χ1v) is 12.2. The maximum atomic E-state index is 12.9. The number of carbonyl (C=O) groups is 4. The minimum Gasteiger partial charge on any atom is -0.444 e. The van der Waals surface area contributed by atoms with Gasteiger partial charge in [-0.25, -0.2) is 9.59 Å². The molecule has 3 rings (SSSR count). The molecule has 0 radical (unpaired) electrons. The van der Waals surface area contributed by atoms with Gasteiger partial charge in [-0.15, -0.1) is 28.6 Å². The number of ether oxygens (including phenoxy) is 3. The van der Waals surface area contributed by atoms with Gasteiger partial charge >= 0.3 is 18.0 Å². The van der Waals surface area contributed by atoms with E-state index in [4.69, 9.17) is 9.47 Å². The lowest BCUT2D eigenvalue weighted by molar-refractivity contribution is -0.166. The third kappa shape index (κ3) is 5.92. The number of amides is 2. The lowest BCUT2D eigenvalue weighted by atomic mass is 10.0. The number of fused-ring (bicyclic) bond motifs is 1. The number of hydrogen-bond acceptors (Lipinski definition) is 12. The number of nitrogens with one attached hydrogen (secondary N) is 1. The van der Waals surface area contributed by atoms with Crippen molar-refractivity contribution in [3.8, 4) is 0 Å². The second kappa shape index (κ2) is 10.1. The second-order valence-electron chi connectivity index (χ2n) is 7.70. The lowest BCUT2D eigenvalue weighted by Crippen LogP contribution is -2.70. The molecule has 0 aromatic carbocycles. The van der Waals surface area contributed by atoms with Gasteiger partial charge in [0.15, 0.2) is 0 Å². The molecule has 1 fully saturated rings. The summed E-state index contributed by atoms with van der Waals surface area (Å²) in [6.45, 7) is 5.80. The van der Waals surface area contributed by atoms with Crippen molar-refractivity contribution >= 4 is 59.0 Å². The minimum atomic E-state index is -0.828. The van der Waals surface area contributed by atoms with Crippen molar-refractivity contribution in [3.63, 3.8) is 0 Å². The van der Waals surface area contributed by atoms with Gasteiger partial charge in [0, 0.05) is 18.4 Å². The Labute approximate surface area is 196 Å². The normalized spacial score (nSPS) is 20.2. The number of carbonyl (C=O) groups excluding carboxylic acids is 4. The minimum absolute atomic E-state index is 0.0955. The molecular weight excluding hydrogens is 480 g/mol. The maximum absolute atomic E-state index is 12.9. The zero-order valence-electron chi connectivity index (χ0n) is 17.8. The summed E-state index contributed by atoms with van der Waals surface area (Å²) in [5.41, 5.74) is 0.0669. The van der Waals surface area contributed by atoms with Crippen molar-refractivity contribution in [2.45, 2.75) is 48.9 Å². The highest BCUT2D eigenvalue weighted by atomic mass is 32.2. The highest BCUT2D eigenvalue weighted by Crippen LogP contribution is 2.42. The quantitative estimate of drug-likeness (QED) is 0.253. The Morgan fingerprint density at radius 1 is 1.31 bits per heavy atom. The zero-order valence-corrected chi connectivity index (χ0v) is 20.2. The van der Waals surface area contributed by atoms with E-state index in [0.29, 0.717) is 17.1 Å². The van der Waals surface area contributed by atoms with Crippen LogP contribution < -0.4 is 5.32 Å². The predicted octanol–water partition coefficient (Wildman–Crippen LogP) is 1.76. The van der Waals surface area contributed by atoms with Gasteiger partial charge in [-0.1, -0.05) is 4.49 Å². The largest absolute Gasteiger partial charge is 0.444 e. The summed E-state index contributed by atoms with van der Waals surface area (Å²) in [6, 6.07) is -0.828. The fraction of sp³-hybridized carbons (Fsp3) is 0.556. The van der Waals surface area contributed by atoms with Crippen molar-refractivity contribution in [2.24, 2.45) is 0 Å². The van der Waals surface area contributed by atoms with Gasteiger partial charge in [-0.05, 0) is 37.9 Å². The van der Waals surface area contributed by atoms with E-state index in [9.17, 15) is 19.2 Å². The average Bonchev–Trinajstić information content (AvgIpc) is 3.21. The van der Waals surface area contributed by atoms with E-state index in [-0.39, 0.29) is 5.70 Å². The van der Waals surface area contributed by atoms with Crippen molar-refractivity contribution < 1.29 is 33.4 Å². The summed E-state index contributed by atoms with van der Waals surface area (Å²) in [7, 11) is 0. The Hall–Kier alpha value is -2.32. The van der Waals surface area contributed by atoms with Crippen LogP contribution in [-0.4, -0.2) is 73.7 Å². The molecule has 0 aliphatic carbocycles. The van der Waals surface area contributed by atoms with Gasteiger partial charge < -0.3 is 19.5 Å². The highest BCUT2D eigenvalue weighted by Gasteiger charge is 2.54. The Balaban J connectivity index is 1.75. The van der Waals surface area contributed by atoms with Gasteiger partial charge in [0.2, 0.25) is 6.79 Å². The Kier molecular flexibility index (Phi) is 7.67. The highest BCUT2D eigenvalue weighted by molar-refractivity contribution is 8.01. The number of esters is 2. The monoisotopic (exact) mass is 502 g/mol. The molecule has 11 nitrogen and oxygen atoms in total. The van der Waals surface area contributed by atoms with Crippen LogP contribution in [0.1, 0.15) is 27.7 Å². The average molecular weight is 503 g/mol. The van der Waals surface area contributed by atoms with Crippen LogP contribution in [0.3, 0.4) is 0 Å². The van der Waals surface area contributed by atoms with Crippen LogP contribution in [-0.2, 0) is 28.6 Å². The Bertz CT molecular complexity index is 930. The van der Waals surface area contributed by atoms with Gasteiger partial charge in [-0.2, -0.15) is 0 Å². The summed E-state index contributed by atoms with van der Waals surface area (Å²) in [5.74, 6) is -0.972. The van der Waals surface area contributed by atoms with Crippen molar-refractivity contribution in [3.05, 3.63) is 17.5 Å². The number of thioether (sulfide) groups is 2. The van der Waals surface area contributed by atoms with Gasteiger partial charge in [0.1, 0.15) is 26.9 Å². The Morgan fingerprint density at radius 3 is 2.69 bits per heavy atom. The first-order valence-electron chi connectivity index (χ1n) is 9.43. The molecule has 2 aliphatic heterocycles. The third-order valence-corrected chi connectivity index (χ3v) is 7.36. The molecule has 1 aromatic rings. The van der Waals surface area contributed by atoms with E-state index in [0.717, 1.165) is 4.21 Å². The summed E-state index contributed by atoms with van der Waals surface area (Å²) < 4.78 is 19.6. The van der Waals surface area contributed by atoms with Crippen LogP contribution in [0.15, 0.2) is 21.7 Å². The number of nitrogens with zero attached hydrogens (tertiary/aromatic N) is 3. The molecule has 0 spiro atoms. The smallest absolute Gasteiger partial charge is 0.408 e. The van der Waals surface area contributed by atoms with E-state index in [2.05, 4.69) is 19.6 Å². The molecule has 0 bridgehead atoms. The van der Waals surface area contributed by atoms with Crippen molar-refractivity contribution in [1.82, 2.24) is 19.8 Å². The van der Waals surface area contributed by atoms with E-state index in [1.54, 1.807) is 27.0 Å². The maximum Gasteiger partial charge on any atom is 0.408 e. The van der Waals surface area contributed by atoms with Crippen LogP contribution in [0.4, 0.5) is 4.79 Å². The van der Waals surface area contributed by atoms with Gasteiger partial charge in [0.25, 0.3) is 5.91 Å². The second-order valence-corrected chi connectivity index (χ2v) is 10.9. The van der Waals surface area contributed by atoms with Gasteiger partial charge in [-0.3, -0.25) is 14.5 Å². The SMILES string of the molecule is CC(=O)OCOC(=O)C1=C(CSc2cnns2)CS[C@H]2C(NC(=O)OC(C)(C)C)C(=O)N12. The van der Waals surface area contributed by atoms with E-state index in [1.807, 2.05) is 0 Å². The fourth-order valence-corrected chi connectivity index (χ4v) is 5.74. The topological polar surface area (TPSA) is 137 Å². The van der Waals surface area contributed by atoms with Crippen molar-refractivity contribution in [2.75, 3.05) is 18.3 Å². The number of rotatable bonds is 7. The fourth-order valence-electron chi connectivity index (χ4n) is 2.83. The summed E-state index contributed by atoms with van der Waals surface area (Å²) in [6.07, 6.45) is 0.904. The van der Waals surface area contributed by atoms with Crippen LogP contribution in [0.5, 0.6) is 0 Å². The molecule has 1 saturated heterocycles. The molecular formula is C18H22N4O7S3. The number of alkyl carbamates (subject to hydrolysis) is 1. The number of hydrogen-bond donors (Lipinski definition) is 1. The van der Waals surface area contributed by atoms with Gasteiger partial charge in [0.05, 0.1) is 6.20 Å². The first kappa shape index (κ1) is 24.3. The first-order chi connectivity index (χ1) is 15.1. The molecule has 14 heteroatoms. The summed E-state index contributed by atoms with van der Waals surface area (Å²) in [4.78, 5) is 50.0. The molecule has 2 atom stereocenters. The molecule has 174 valence electrons. The molecule has 1 N–H and O–H groups in total. The molecule has 3 heterocycles. The van der Waals surface area contributed by atoms with E-state index < -0.39 is 47.7 Å². The van der Waals surface area contributed by atoms with E-state index in [1.165, 1.54) is 46.9 Å². The third-order valence-electron chi connectivity index (χ3n) is 4.09. The number of β-lactam (4-membered cyclic amide) rings is 1. The van der Waals surface area contributed by atoms with Crippen LogP contribution in [0.25, 0.3) is 0 Å². The Morgan fingerprint density at radius 2 is 2.06 bits per heavy atom. The summed E-state index contributed by atoms with van der Waals surface area (Å²) >= 11 is 4.08. The molecule has 2 aliphatic rings. The number of aromatic nitrogens is 2. The molecule has 2 amide bonds.